The SMILES string of the molecule is COC(=O)C(CC(C)C)NC(=O)c1cc(N)ccc1C.Cl. The molecule has 0 aliphatic heterocycles. The molecule has 1 unspecified atom stereocenters. The number of nitrogens with one attached hydrogen (secondary N) is 1. The molecular weight excluding hydrogens is 292 g/mol. The first-order chi connectivity index (χ1) is 9.35. The summed E-state index contributed by atoms with van der Waals surface area (Å²) >= 11 is 0. The number of hydrogen-bond acceptors (Lipinski definition) is 4. The standard InChI is InChI=1S/C15H22N2O3.ClH/c1-9(2)7-13(15(19)20-4)17-14(18)12-8-11(16)6-5-10(12)3;/h5-6,8-9,13H,7,16H2,1-4H3,(H,17,18);1H. The minimum Gasteiger partial charge on any atom is -0.467 e. The van der Waals surface area contributed by atoms with Crippen LogP contribution in [0.4, 0.5) is 5.69 Å². The molecule has 0 saturated heterocycles. The first-order valence-corrected chi connectivity index (χ1v) is 6.60. The largest absolute Gasteiger partial charge is 0.467 e. The maximum Gasteiger partial charge on any atom is 0.328 e. The number of halogens is 1. The Morgan fingerprint density at radius 2 is 1.95 bits per heavy atom. The summed E-state index contributed by atoms with van der Waals surface area (Å²) in [5.74, 6) is -0.485. The molecule has 3 N–H and O–H groups in total. The molecule has 0 fully saturated rings. The Labute approximate surface area is 131 Å². The molecule has 0 spiro atoms. The number of carbonyl (C=O) groups is 2. The third-order valence-electron chi connectivity index (χ3n) is 3.00. The van der Waals surface area contributed by atoms with Gasteiger partial charge in [-0.05, 0) is 37.0 Å². The van der Waals surface area contributed by atoms with Crippen molar-refractivity contribution in [3.8, 4) is 0 Å². The molecule has 1 aromatic carbocycles. The van der Waals surface area contributed by atoms with Crippen molar-refractivity contribution in [3.63, 3.8) is 0 Å². The van der Waals surface area contributed by atoms with Gasteiger partial charge in [0.15, 0.2) is 0 Å². The van der Waals surface area contributed by atoms with Gasteiger partial charge in [-0.25, -0.2) is 4.79 Å². The summed E-state index contributed by atoms with van der Waals surface area (Å²) in [6.45, 7) is 5.78. The maximum absolute atomic E-state index is 12.3. The summed E-state index contributed by atoms with van der Waals surface area (Å²) in [4.78, 5) is 24.0. The fourth-order valence-electron chi connectivity index (χ4n) is 1.95. The van der Waals surface area contributed by atoms with E-state index in [1.165, 1.54) is 7.11 Å². The zero-order chi connectivity index (χ0) is 15.3. The lowest BCUT2D eigenvalue weighted by Gasteiger charge is -2.19. The average molecular weight is 315 g/mol. The van der Waals surface area contributed by atoms with Gasteiger partial charge in [-0.1, -0.05) is 19.9 Å². The molecule has 21 heavy (non-hydrogen) atoms. The van der Waals surface area contributed by atoms with Crippen molar-refractivity contribution in [2.24, 2.45) is 5.92 Å². The second kappa shape index (κ2) is 8.52. The fraction of sp³-hybridized carbons (Fsp3) is 0.467. The van der Waals surface area contributed by atoms with Gasteiger partial charge in [0.25, 0.3) is 5.91 Å². The predicted octanol–water partition coefficient (Wildman–Crippen LogP) is 2.32. The van der Waals surface area contributed by atoms with E-state index in [0.717, 1.165) is 5.56 Å². The number of anilines is 1. The van der Waals surface area contributed by atoms with Gasteiger partial charge in [0, 0.05) is 11.3 Å². The molecule has 118 valence electrons. The van der Waals surface area contributed by atoms with Crippen LogP contribution in [0.3, 0.4) is 0 Å². The van der Waals surface area contributed by atoms with E-state index < -0.39 is 12.0 Å². The van der Waals surface area contributed by atoms with E-state index in [9.17, 15) is 9.59 Å². The van der Waals surface area contributed by atoms with Crippen molar-refractivity contribution in [1.29, 1.82) is 0 Å². The van der Waals surface area contributed by atoms with Crippen LogP contribution in [0.25, 0.3) is 0 Å². The zero-order valence-electron chi connectivity index (χ0n) is 12.8. The van der Waals surface area contributed by atoms with Gasteiger partial charge in [-0.15, -0.1) is 12.4 Å². The lowest BCUT2D eigenvalue weighted by atomic mass is 10.0. The van der Waals surface area contributed by atoms with Crippen LogP contribution in [0.1, 0.15) is 36.2 Å². The lowest BCUT2D eigenvalue weighted by molar-refractivity contribution is -0.143. The Morgan fingerprint density at radius 1 is 1.33 bits per heavy atom. The summed E-state index contributed by atoms with van der Waals surface area (Å²) in [5.41, 5.74) is 7.49. The molecule has 6 heteroatoms. The number of nitrogen functional groups attached to an aromatic ring is 1. The van der Waals surface area contributed by atoms with Crippen LogP contribution < -0.4 is 11.1 Å². The Bertz CT molecular complexity index is 504. The Hall–Kier alpha value is -1.75. The normalized spacial score (nSPS) is 11.5. The first-order valence-electron chi connectivity index (χ1n) is 6.60. The number of benzene rings is 1. The molecule has 0 heterocycles. The number of rotatable bonds is 5. The van der Waals surface area contributed by atoms with E-state index in [1.54, 1.807) is 18.2 Å². The van der Waals surface area contributed by atoms with Crippen LogP contribution >= 0.6 is 12.4 Å². The highest BCUT2D eigenvalue weighted by Gasteiger charge is 2.23. The monoisotopic (exact) mass is 314 g/mol. The summed E-state index contributed by atoms with van der Waals surface area (Å²) in [7, 11) is 1.31. The molecule has 5 nitrogen and oxygen atoms in total. The number of methoxy groups -OCH3 is 1. The van der Waals surface area contributed by atoms with Gasteiger partial charge in [0.05, 0.1) is 7.11 Å². The zero-order valence-corrected chi connectivity index (χ0v) is 13.6. The second-order valence-corrected chi connectivity index (χ2v) is 5.25. The molecule has 1 rings (SSSR count). The van der Waals surface area contributed by atoms with Crippen molar-refractivity contribution < 1.29 is 14.3 Å². The molecule has 0 saturated carbocycles. The lowest BCUT2D eigenvalue weighted by Crippen LogP contribution is -2.42. The highest BCUT2D eigenvalue weighted by Crippen LogP contribution is 2.14. The Morgan fingerprint density at radius 3 is 2.48 bits per heavy atom. The molecule has 0 bridgehead atoms. The van der Waals surface area contributed by atoms with Crippen molar-refractivity contribution in [1.82, 2.24) is 5.32 Å². The minimum absolute atomic E-state index is 0. The number of aryl methyl sites for hydroxylation is 1. The number of esters is 1. The molecule has 0 aliphatic carbocycles. The highest BCUT2D eigenvalue weighted by molar-refractivity contribution is 5.98. The van der Waals surface area contributed by atoms with Gasteiger partial charge >= 0.3 is 5.97 Å². The highest BCUT2D eigenvalue weighted by atomic mass is 35.5. The number of carbonyl (C=O) groups excluding carboxylic acids is 2. The van der Waals surface area contributed by atoms with Crippen LogP contribution in [0.5, 0.6) is 0 Å². The number of nitrogens with two attached hydrogens (primary N) is 1. The van der Waals surface area contributed by atoms with Gasteiger partial charge in [0.1, 0.15) is 6.04 Å². The van der Waals surface area contributed by atoms with Crippen molar-refractivity contribution in [2.75, 3.05) is 12.8 Å². The first kappa shape index (κ1) is 19.2. The number of hydrogen-bond donors (Lipinski definition) is 2. The summed E-state index contributed by atoms with van der Waals surface area (Å²) in [5, 5.41) is 2.71. The third-order valence-corrected chi connectivity index (χ3v) is 3.00. The van der Waals surface area contributed by atoms with Crippen molar-refractivity contribution >= 4 is 30.0 Å². The van der Waals surface area contributed by atoms with E-state index >= 15 is 0 Å². The molecule has 0 aliphatic rings. The van der Waals surface area contributed by atoms with Crippen LogP contribution in [0, 0.1) is 12.8 Å². The van der Waals surface area contributed by atoms with Crippen LogP contribution in [-0.4, -0.2) is 25.0 Å². The molecule has 1 aromatic rings. The van der Waals surface area contributed by atoms with E-state index in [4.69, 9.17) is 10.5 Å². The molecule has 1 amide bonds. The average Bonchev–Trinajstić information content (AvgIpc) is 2.39. The second-order valence-electron chi connectivity index (χ2n) is 5.25. The van der Waals surface area contributed by atoms with Crippen LogP contribution in [0.15, 0.2) is 18.2 Å². The topological polar surface area (TPSA) is 81.4 Å². The molecule has 0 radical (unpaired) electrons. The maximum atomic E-state index is 12.3. The van der Waals surface area contributed by atoms with E-state index in [0.29, 0.717) is 17.7 Å². The summed E-state index contributed by atoms with van der Waals surface area (Å²) in [6, 6.07) is 4.47. The van der Waals surface area contributed by atoms with Gasteiger partial charge in [0.2, 0.25) is 0 Å². The Balaban J connectivity index is 0.00000400. The molecular formula is C15H23ClN2O3. The molecule has 1 atom stereocenters. The van der Waals surface area contributed by atoms with Gasteiger partial charge < -0.3 is 15.8 Å². The van der Waals surface area contributed by atoms with E-state index in [2.05, 4.69) is 5.32 Å². The Kier molecular flexibility index (Phi) is 7.81. The van der Waals surface area contributed by atoms with Crippen molar-refractivity contribution in [2.45, 2.75) is 33.2 Å². The summed E-state index contributed by atoms with van der Waals surface area (Å²) in [6.07, 6.45) is 0.528. The number of ether oxygens (including phenoxy) is 1. The van der Waals surface area contributed by atoms with Crippen LogP contribution in [0.2, 0.25) is 0 Å². The van der Waals surface area contributed by atoms with E-state index in [1.807, 2.05) is 20.8 Å². The van der Waals surface area contributed by atoms with Gasteiger partial charge in [-0.3, -0.25) is 4.79 Å². The van der Waals surface area contributed by atoms with Gasteiger partial charge in [-0.2, -0.15) is 0 Å². The summed E-state index contributed by atoms with van der Waals surface area (Å²) < 4.78 is 4.73. The van der Waals surface area contributed by atoms with Crippen LogP contribution in [-0.2, 0) is 9.53 Å². The predicted molar refractivity (Wildman–Crippen MR) is 85.6 cm³/mol. The number of amides is 1. The van der Waals surface area contributed by atoms with Crippen molar-refractivity contribution in [3.05, 3.63) is 29.3 Å². The third kappa shape index (κ3) is 5.63. The smallest absolute Gasteiger partial charge is 0.328 e. The minimum atomic E-state index is -0.645. The van der Waals surface area contributed by atoms with E-state index in [-0.39, 0.29) is 24.2 Å². The molecule has 0 aromatic heterocycles. The fourth-order valence-corrected chi connectivity index (χ4v) is 1.95. The quantitative estimate of drug-likeness (QED) is 0.645.